The van der Waals surface area contributed by atoms with Crippen molar-refractivity contribution in [2.45, 2.75) is 13.0 Å². The maximum atomic E-state index is 6.17. The van der Waals surface area contributed by atoms with E-state index >= 15 is 0 Å². The first kappa shape index (κ1) is 13.1. The molecule has 2 aromatic carbocycles. The van der Waals surface area contributed by atoms with Gasteiger partial charge in [-0.1, -0.05) is 54.1 Å². The van der Waals surface area contributed by atoms with Gasteiger partial charge in [0.1, 0.15) is 0 Å². The van der Waals surface area contributed by atoms with Crippen molar-refractivity contribution < 1.29 is 0 Å². The Bertz CT molecular complexity index is 503. The third-order valence-corrected chi connectivity index (χ3v) is 3.24. The fourth-order valence-electron chi connectivity index (χ4n) is 1.99. The minimum atomic E-state index is 0.842. The molecule has 0 aliphatic rings. The van der Waals surface area contributed by atoms with Gasteiger partial charge in [-0.2, -0.15) is 0 Å². The van der Waals surface area contributed by atoms with Crippen LogP contribution in [0.1, 0.15) is 16.7 Å². The number of rotatable bonds is 4. The van der Waals surface area contributed by atoms with Crippen LogP contribution in [0.25, 0.3) is 0 Å². The predicted octanol–water partition coefficient (Wildman–Crippen LogP) is 3.99. The third kappa shape index (κ3) is 3.59. The van der Waals surface area contributed by atoms with Crippen LogP contribution >= 0.6 is 11.6 Å². The van der Waals surface area contributed by atoms with Crippen LogP contribution < -0.4 is 0 Å². The molecular weight excluding hydrogens is 242 g/mol. The summed E-state index contributed by atoms with van der Waals surface area (Å²) in [6.45, 7) is 0.979. The largest absolute Gasteiger partial charge is 0.305 e. The number of halogens is 1. The molecule has 0 N–H and O–H groups in total. The maximum absolute atomic E-state index is 6.17. The Balaban J connectivity index is 2.09. The first-order chi connectivity index (χ1) is 8.65. The van der Waals surface area contributed by atoms with Gasteiger partial charge in [0.25, 0.3) is 0 Å². The second-order valence-corrected chi connectivity index (χ2v) is 5.23. The first-order valence-electron chi connectivity index (χ1n) is 6.11. The smallest absolute Gasteiger partial charge is 0.0441 e. The highest BCUT2D eigenvalue weighted by Gasteiger charge is 2.01. The Labute approximate surface area is 114 Å². The van der Waals surface area contributed by atoms with Crippen molar-refractivity contribution in [2.24, 2.45) is 0 Å². The lowest BCUT2D eigenvalue weighted by molar-refractivity contribution is 0.402. The van der Waals surface area contributed by atoms with E-state index in [0.29, 0.717) is 0 Å². The molecule has 0 atom stereocenters. The van der Waals surface area contributed by atoms with E-state index in [9.17, 15) is 0 Å². The standard InChI is InChI=1S/C16H18ClN/c1-18(2)12-14-9-7-13(8-10-14)11-15-5-3-4-6-16(15)17/h3-10H,11-12H2,1-2H3. The summed E-state index contributed by atoms with van der Waals surface area (Å²) in [5.74, 6) is 0. The first-order valence-corrected chi connectivity index (χ1v) is 6.49. The van der Waals surface area contributed by atoms with E-state index in [1.807, 2.05) is 18.2 Å². The van der Waals surface area contributed by atoms with Gasteiger partial charge < -0.3 is 4.90 Å². The second-order valence-electron chi connectivity index (χ2n) is 4.82. The molecule has 2 heteroatoms. The fraction of sp³-hybridized carbons (Fsp3) is 0.250. The van der Waals surface area contributed by atoms with Crippen LogP contribution in [0.2, 0.25) is 5.02 Å². The van der Waals surface area contributed by atoms with Crippen molar-refractivity contribution in [2.75, 3.05) is 14.1 Å². The number of hydrogen-bond acceptors (Lipinski definition) is 1. The van der Waals surface area contributed by atoms with Crippen LogP contribution in [0.3, 0.4) is 0 Å². The molecule has 0 unspecified atom stereocenters. The van der Waals surface area contributed by atoms with E-state index in [2.05, 4.69) is 49.3 Å². The molecule has 0 amide bonds. The summed E-state index contributed by atoms with van der Waals surface area (Å²) < 4.78 is 0. The van der Waals surface area contributed by atoms with Crippen LogP contribution in [0.5, 0.6) is 0 Å². The van der Waals surface area contributed by atoms with Crippen molar-refractivity contribution in [1.82, 2.24) is 4.90 Å². The van der Waals surface area contributed by atoms with E-state index in [1.165, 1.54) is 16.7 Å². The van der Waals surface area contributed by atoms with E-state index in [-0.39, 0.29) is 0 Å². The molecule has 2 aromatic rings. The van der Waals surface area contributed by atoms with E-state index in [4.69, 9.17) is 11.6 Å². The summed E-state index contributed by atoms with van der Waals surface area (Å²) in [7, 11) is 4.16. The van der Waals surface area contributed by atoms with Crippen LogP contribution in [0, 0.1) is 0 Å². The molecule has 0 aliphatic carbocycles. The SMILES string of the molecule is CN(C)Cc1ccc(Cc2ccccc2Cl)cc1. The van der Waals surface area contributed by atoms with Crippen molar-refractivity contribution in [3.05, 3.63) is 70.2 Å². The van der Waals surface area contributed by atoms with Gasteiger partial charge in [-0.15, -0.1) is 0 Å². The summed E-state index contributed by atoms with van der Waals surface area (Å²) in [5, 5.41) is 0.842. The molecular formula is C16H18ClN. The van der Waals surface area contributed by atoms with E-state index in [0.717, 1.165) is 18.0 Å². The Morgan fingerprint density at radius 1 is 0.889 bits per heavy atom. The topological polar surface area (TPSA) is 3.24 Å². The summed E-state index contributed by atoms with van der Waals surface area (Å²) in [5.41, 5.74) is 3.81. The number of benzene rings is 2. The molecule has 0 saturated heterocycles. The predicted molar refractivity (Wildman–Crippen MR) is 78.1 cm³/mol. The molecule has 0 saturated carbocycles. The molecule has 2 rings (SSSR count). The highest BCUT2D eigenvalue weighted by molar-refractivity contribution is 6.31. The lowest BCUT2D eigenvalue weighted by Gasteiger charge is -2.10. The van der Waals surface area contributed by atoms with Crippen molar-refractivity contribution >= 4 is 11.6 Å². The Kier molecular flexibility index (Phi) is 4.40. The summed E-state index contributed by atoms with van der Waals surface area (Å²) >= 11 is 6.17. The maximum Gasteiger partial charge on any atom is 0.0441 e. The van der Waals surface area contributed by atoms with Crippen molar-refractivity contribution in [3.63, 3.8) is 0 Å². The van der Waals surface area contributed by atoms with E-state index < -0.39 is 0 Å². The molecule has 0 radical (unpaired) electrons. The zero-order valence-electron chi connectivity index (χ0n) is 10.9. The number of nitrogens with zero attached hydrogens (tertiary/aromatic N) is 1. The Morgan fingerprint density at radius 2 is 1.50 bits per heavy atom. The second kappa shape index (κ2) is 6.03. The van der Waals surface area contributed by atoms with Crippen LogP contribution in [-0.4, -0.2) is 19.0 Å². The minimum absolute atomic E-state index is 0.842. The molecule has 0 aliphatic heterocycles. The van der Waals surface area contributed by atoms with E-state index in [1.54, 1.807) is 0 Å². The lowest BCUT2D eigenvalue weighted by Crippen LogP contribution is -2.10. The quantitative estimate of drug-likeness (QED) is 0.803. The summed E-state index contributed by atoms with van der Waals surface area (Å²) in [6, 6.07) is 16.8. The summed E-state index contributed by atoms with van der Waals surface area (Å²) in [4.78, 5) is 2.17. The Hall–Kier alpha value is -1.31. The van der Waals surface area contributed by atoms with Gasteiger partial charge in [-0.25, -0.2) is 0 Å². The number of hydrogen-bond donors (Lipinski definition) is 0. The molecule has 0 heterocycles. The van der Waals surface area contributed by atoms with Gasteiger partial charge in [0.05, 0.1) is 0 Å². The summed E-state index contributed by atoms with van der Waals surface area (Å²) in [6.07, 6.45) is 0.891. The molecule has 0 fully saturated rings. The minimum Gasteiger partial charge on any atom is -0.305 e. The van der Waals surface area contributed by atoms with Crippen molar-refractivity contribution in [3.8, 4) is 0 Å². The molecule has 0 aromatic heterocycles. The van der Waals surface area contributed by atoms with Gasteiger partial charge in [0, 0.05) is 11.6 Å². The zero-order valence-corrected chi connectivity index (χ0v) is 11.6. The highest BCUT2D eigenvalue weighted by Crippen LogP contribution is 2.19. The average Bonchev–Trinajstić information content (AvgIpc) is 2.34. The molecule has 94 valence electrons. The average molecular weight is 260 g/mol. The van der Waals surface area contributed by atoms with Gasteiger partial charge in [-0.3, -0.25) is 0 Å². The van der Waals surface area contributed by atoms with Gasteiger partial charge in [0.15, 0.2) is 0 Å². The van der Waals surface area contributed by atoms with Crippen LogP contribution in [0.15, 0.2) is 48.5 Å². The van der Waals surface area contributed by atoms with Crippen LogP contribution in [0.4, 0.5) is 0 Å². The van der Waals surface area contributed by atoms with Gasteiger partial charge in [0.2, 0.25) is 0 Å². The third-order valence-electron chi connectivity index (χ3n) is 2.87. The fourth-order valence-corrected chi connectivity index (χ4v) is 2.19. The van der Waals surface area contributed by atoms with Gasteiger partial charge >= 0.3 is 0 Å². The normalized spacial score (nSPS) is 10.9. The molecule has 0 bridgehead atoms. The lowest BCUT2D eigenvalue weighted by atomic mass is 10.0. The monoisotopic (exact) mass is 259 g/mol. The van der Waals surface area contributed by atoms with Crippen molar-refractivity contribution in [1.29, 1.82) is 0 Å². The van der Waals surface area contributed by atoms with Gasteiger partial charge in [-0.05, 0) is 43.3 Å². The van der Waals surface area contributed by atoms with Crippen LogP contribution in [-0.2, 0) is 13.0 Å². The Morgan fingerprint density at radius 3 is 2.11 bits per heavy atom. The molecule has 0 spiro atoms. The zero-order chi connectivity index (χ0) is 13.0. The molecule has 18 heavy (non-hydrogen) atoms. The molecule has 1 nitrogen and oxygen atoms in total. The highest BCUT2D eigenvalue weighted by atomic mass is 35.5.